The van der Waals surface area contributed by atoms with Gasteiger partial charge in [0, 0.05) is 5.02 Å². The molecule has 0 aliphatic carbocycles. The number of hydrogen-bond donors (Lipinski definition) is 2. The van der Waals surface area contributed by atoms with Crippen molar-refractivity contribution in [2.45, 2.75) is 6.92 Å². The van der Waals surface area contributed by atoms with Crippen molar-refractivity contribution in [1.82, 2.24) is 5.32 Å². The van der Waals surface area contributed by atoms with E-state index in [1.54, 1.807) is 49.4 Å². The van der Waals surface area contributed by atoms with Gasteiger partial charge in [0.25, 0.3) is 17.7 Å². The average Bonchev–Trinajstić information content (AvgIpc) is 2.67. The maximum atomic E-state index is 12.9. The molecular weight excluding hydrogens is 398 g/mol. The van der Waals surface area contributed by atoms with E-state index < -0.39 is 23.8 Å². The van der Waals surface area contributed by atoms with E-state index in [9.17, 15) is 19.2 Å². The summed E-state index contributed by atoms with van der Waals surface area (Å²) in [6.07, 6.45) is 1.36. The molecule has 3 N–H and O–H groups in total. The number of primary amides is 1. The van der Waals surface area contributed by atoms with Crippen LogP contribution in [0.25, 0.3) is 6.08 Å². The van der Waals surface area contributed by atoms with Crippen molar-refractivity contribution < 1.29 is 23.9 Å². The van der Waals surface area contributed by atoms with Crippen LogP contribution in [0.5, 0.6) is 5.75 Å². The van der Waals surface area contributed by atoms with E-state index in [1.807, 2.05) is 0 Å². The molecule has 29 heavy (non-hydrogen) atoms. The topological polar surface area (TPSA) is 119 Å². The Balaban J connectivity index is 1.91. The number of nitrogens with zero attached hydrogens (tertiary/aromatic N) is 1. The summed E-state index contributed by atoms with van der Waals surface area (Å²) in [6, 6.07) is 10.3. The average molecular weight is 414 g/mol. The maximum Gasteiger partial charge on any atom is 0.335 e. The van der Waals surface area contributed by atoms with Gasteiger partial charge in [-0.05, 0) is 48.4 Å². The molecule has 0 bridgehead atoms. The Morgan fingerprint density at radius 3 is 2.52 bits per heavy atom. The molecule has 0 atom stereocenters. The number of barbiturate groups is 1. The third-order valence-electron chi connectivity index (χ3n) is 4.15. The number of nitrogens with one attached hydrogen (secondary N) is 1. The molecule has 0 spiro atoms. The summed E-state index contributed by atoms with van der Waals surface area (Å²) in [5.74, 6) is -1.78. The predicted molar refractivity (Wildman–Crippen MR) is 106 cm³/mol. The molecule has 0 unspecified atom stereocenters. The highest BCUT2D eigenvalue weighted by molar-refractivity contribution is 6.39. The summed E-state index contributed by atoms with van der Waals surface area (Å²) in [4.78, 5) is 49.1. The molecule has 3 rings (SSSR count). The second kappa shape index (κ2) is 8.15. The number of nitrogens with two attached hydrogens (primary N) is 1. The molecule has 1 saturated heterocycles. The minimum atomic E-state index is -0.849. The van der Waals surface area contributed by atoms with E-state index >= 15 is 0 Å². The number of urea groups is 1. The van der Waals surface area contributed by atoms with Crippen molar-refractivity contribution in [2.75, 3.05) is 11.5 Å². The van der Waals surface area contributed by atoms with Crippen LogP contribution in [0.1, 0.15) is 11.1 Å². The van der Waals surface area contributed by atoms with Crippen molar-refractivity contribution in [3.05, 3.63) is 64.2 Å². The minimum Gasteiger partial charge on any atom is -0.484 e. The van der Waals surface area contributed by atoms with Crippen molar-refractivity contribution in [3.63, 3.8) is 0 Å². The summed E-state index contributed by atoms with van der Waals surface area (Å²) >= 11 is 6.09. The Morgan fingerprint density at radius 2 is 1.86 bits per heavy atom. The summed E-state index contributed by atoms with van der Waals surface area (Å²) in [7, 11) is 0. The summed E-state index contributed by atoms with van der Waals surface area (Å²) in [5.41, 5.74) is 6.14. The fraction of sp³-hybridized carbons (Fsp3) is 0.100. The standard InChI is InChI=1S/C20H16ClN3O5/c1-11-15(21)3-2-4-16(11)24-19(27)14(18(26)23-20(24)28)9-12-5-7-13(8-6-12)29-10-17(22)25/h2-9H,10H2,1H3,(H2,22,25)(H,23,26,28)/b14-9+. The van der Waals surface area contributed by atoms with Crippen LogP contribution in [0.3, 0.4) is 0 Å². The van der Waals surface area contributed by atoms with E-state index in [0.29, 0.717) is 21.9 Å². The van der Waals surface area contributed by atoms with E-state index in [4.69, 9.17) is 22.1 Å². The minimum absolute atomic E-state index is 0.213. The maximum absolute atomic E-state index is 12.9. The fourth-order valence-electron chi connectivity index (χ4n) is 2.70. The van der Waals surface area contributed by atoms with Crippen LogP contribution in [0, 0.1) is 6.92 Å². The van der Waals surface area contributed by atoms with Gasteiger partial charge in [-0.3, -0.25) is 19.7 Å². The van der Waals surface area contributed by atoms with Gasteiger partial charge in [-0.2, -0.15) is 0 Å². The quantitative estimate of drug-likeness (QED) is 0.575. The van der Waals surface area contributed by atoms with Crippen LogP contribution in [-0.4, -0.2) is 30.4 Å². The molecule has 148 valence electrons. The predicted octanol–water partition coefficient (Wildman–Crippen LogP) is 2.18. The van der Waals surface area contributed by atoms with Crippen molar-refractivity contribution in [2.24, 2.45) is 5.73 Å². The van der Waals surface area contributed by atoms with Gasteiger partial charge in [-0.25, -0.2) is 9.69 Å². The lowest BCUT2D eigenvalue weighted by Gasteiger charge is -2.27. The van der Waals surface area contributed by atoms with Crippen LogP contribution < -0.4 is 20.7 Å². The highest BCUT2D eigenvalue weighted by atomic mass is 35.5. The molecule has 5 amide bonds. The van der Waals surface area contributed by atoms with E-state index in [2.05, 4.69) is 5.32 Å². The van der Waals surface area contributed by atoms with E-state index in [-0.39, 0.29) is 17.9 Å². The van der Waals surface area contributed by atoms with Crippen molar-refractivity contribution in [1.29, 1.82) is 0 Å². The van der Waals surface area contributed by atoms with Crippen molar-refractivity contribution >= 4 is 47.1 Å². The molecule has 1 aliphatic rings. The fourth-order valence-corrected chi connectivity index (χ4v) is 2.87. The molecule has 0 saturated carbocycles. The van der Waals surface area contributed by atoms with Crippen LogP contribution >= 0.6 is 11.6 Å². The monoisotopic (exact) mass is 413 g/mol. The zero-order chi connectivity index (χ0) is 21.1. The second-order valence-corrected chi connectivity index (χ2v) is 6.57. The van der Waals surface area contributed by atoms with Gasteiger partial charge in [-0.15, -0.1) is 0 Å². The number of rotatable bonds is 5. The van der Waals surface area contributed by atoms with Crippen LogP contribution in [-0.2, 0) is 14.4 Å². The number of carbonyl (C=O) groups is 4. The number of benzene rings is 2. The lowest BCUT2D eigenvalue weighted by molar-refractivity contribution is -0.123. The molecule has 1 fully saturated rings. The largest absolute Gasteiger partial charge is 0.484 e. The Morgan fingerprint density at radius 1 is 1.17 bits per heavy atom. The molecule has 9 heteroatoms. The Bertz CT molecular complexity index is 1050. The normalized spacial score (nSPS) is 15.4. The molecular formula is C20H16ClN3O5. The van der Waals surface area contributed by atoms with Crippen LogP contribution in [0.4, 0.5) is 10.5 Å². The van der Waals surface area contributed by atoms with Crippen LogP contribution in [0.15, 0.2) is 48.0 Å². The number of carbonyl (C=O) groups excluding carboxylic acids is 4. The third-order valence-corrected chi connectivity index (χ3v) is 4.56. The Kier molecular flexibility index (Phi) is 5.65. The van der Waals surface area contributed by atoms with Crippen molar-refractivity contribution in [3.8, 4) is 5.75 Å². The Hall–Kier alpha value is -3.65. The van der Waals surface area contributed by atoms with Gasteiger partial charge in [0.15, 0.2) is 6.61 Å². The van der Waals surface area contributed by atoms with E-state index in [0.717, 1.165) is 4.90 Å². The highest BCUT2D eigenvalue weighted by Gasteiger charge is 2.37. The van der Waals surface area contributed by atoms with Crippen LogP contribution in [0.2, 0.25) is 5.02 Å². The van der Waals surface area contributed by atoms with Gasteiger partial charge < -0.3 is 10.5 Å². The number of halogens is 1. The number of hydrogen-bond acceptors (Lipinski definition) is 5. The first-order valence-corrected chi connectivity index (χ1v) is 8.83. The SMILES string of the molecule is Cc1c(Cl)cccc1N1C(=O)NC(=O)/C(=C\c2ccc(OCC(N)=O)cc2)C1=O. The lowest BCUT2D eigenvalue weighted by atomic mass is 10.1. The van der Waals surface area contributed by atoms with Gasteiger partial charge in [0.1, 0.15) is 11.3 Å². The van der Waals surface area contributed by atoms with Gasteiger partial charge >= 0.3 is 6.03 Å². The molecule has 2 aromatic rings. The number of anilines is 1. The molecule has 2 aromatic carbocycles. The molecule has 1 heterocycles. The van der Waals surface area contributed by atoms with Gasteiger partial charge in [-0.1, -0.05) is 29.8 Å². The molecule has 0 aromatic heterocycles. The first-order chi connectivity index (χ1) is 13.8. The number of ether oxygens (including phenoxy) is 1. The summed E-state index contributed by atoms with van der Waals surface area (Å²) in [5, 5.41) is 2.55. The zero-order valence-corrected chi connectivity index (χ0v) is 16.0. The summed E-state index contributed by atoms with van der Waals surface area (Å²) < 4.78 is 5.16. The first kappa shape index (κ1) is 20.1. The third kappa shape index (κ3) is 4.27. The molecule has 0 radical (unpaired) electrons. The number of amides is 5. The molecule has 8 nitrogen and oxygen atoms in total. The Labute approximate surface area is 170 Å². The summed E-state index contributed by atoms with van der Waals surface area (Å²) in [6.45, 7) is 1.40. The lowest BCUT2D eigenvalue weighted by Crippen LogP contribution is -2.54. The number of imide groups is 2. The first-order valence-electron chi connectivity index (χ1n) is 8.45. The zero-order valence-electron chi connectivity index (χ0n) is 15.3. The smallest absolute Gasteiger partial charge is 0.335 e. The van der Waals surface area contributed by atoms with Gasteiger partial charge in [0.05, 0.1) is 5.69 Å². The van der Waals surface area contributed by atoms with E-state index in [1.165, 1.54) is 6.08 Å². The van der Waals surface area contributed by atoms with Gasteiger partial charge in [0.2, 0.25) is 0 Å². The second-order valence-electron chi connectivity index (χ2n) is 6.17. The molecule has 1 aliphatic heterocycles. The highest BCUT2D eigenvalue weighted by Crippen LogP contribution is 2.29.